The molecule has 0 aromatic heterocycles. The maximum absolute atomic E-state index is 12.0. The number of alkyl halides is 2. The van der Waals surface area contributed by atoms with Crippen LogP contribution in [0.2, 0.25) is 0 Å². The van der Waals surface area contributed by atoms with Crippen LogP contribution in [0.4, 0.5) is 8.78 Å². The van der Waals surface area contributed by atoms with Crippen LogP contribution in [-0.4, -0.2) is 13.0 Å². The van der Waals surface area contributed by atoms with Gasteiger partial charge in [0.05, 0.1) is 0 Å². The van der Waals surface area contributed by atoms with Crippen LogP contribution in [-0.2, 0) is 6.42 Å². The van der Waals surface area contributed by atoms with Gasteiger partial charge in [0, 0.05) is 0 Å². The molecule has 0 fully saturated rings. The minimum atomic E-state index is -2.44. The van der Waals surface area contributed by atoms with Gasteiger partial charge in [-0.15, -0.1) is 0 Å². The standard InChI is InChI=1S/C15H14F2O/c16-15(17)11-18-14-8-6-13(7-9-14)10-12-4-2-1-3-5-12/h1-9,15H,10-11H2. The SMILES string of the molecule is FC(F)COc1ccc(Cc2ccccc2)cc1. The summed E-state index contributed by atoms with van der Waals surface area (Å²) in [7, 11) is 0. The Bertz CT molecular complexity index is 466. The van der Waals surface area contributed by atoms with Gasteiger partial charge in [0.2, 0.25) is 0 Å². The molecule has 0 aliphatic carbocycles. The highest BCUT2D eigenvalue weighted by molar-refractivity contribution is 5.31. The van der Waals surface area contributed by atoms with E-state index in [1.807, 2.05) is 30.3 Å². The molecule has 0 unspecified atom stereocenters. The number of hydrogen-bond acceptors (Lipinski definition) is 1. The quantitative estimate of drug-likeness (QED) is 0.779. The maximum atomic E-state index is 12.0. The number of rotatable bonds is 5. The molecule has 18 heavy (non-hydrogen) atoms. The van der Waals surface area contributed by atoms with Crippen molar-refractivity contribution in [2.45, 2.75) is 12.8 Å². The van der Waals surface area contributed by atoms with Crippen LogP contribution >= 0.6 is 0 Å². The van der Waals surface area contributed by atoms with Crippen LogP contribution < -0.4 is 4.74 Å². The van der Waals surface area contributed by atoms with Crippen LogP contribution in [0.15, 0.2) is 54.6 Å². The van der Waals surface area contributed by atoms with E-state index < -0.39 is 13.0 Å². The normalized spacial score (nSPS) is 10.6. The van der Waals surface area contributed by atoms with Gasteiger partial charge in [0.1, 0.15) is 12.4 Å². The van der Waals surface area contributed by atoms with Gasteiger partial charge in [-0.05, 0) is 29.7 Å². The zero-order chi connectivity index (χ0) is 12.8. The smallest absolute Gasteiger partial charge is 0.272 e. The third kappa shape index (κ3) is 3.84. The number of benzene rings is 2. The average molecular weight is 248 g/mol. The lowest BCUT2D eigenvalue weighted by molar-refractivity contribution is 0.0819. The first-order chi connectivity index (χ1) is 8.74. The van der Waals surface area contributed by atoms with E-state index in [1.165, 1.54) is 5.56 Å². The topological polar surface area (TPSA) is 9.23 Å². The Hall–Kier alpha value is -1.90. The van der Waals surface area contributed by atoms with Crippen molar-refractivity contribution in [3.8, 4) is 5.75 Å². The molecule has 0 spiro atoms. The lowest BCUT2D eigenvalue weighted by atomic mass is 10.1. The summed E-state index contributed by atoms with van der Waals surface area (Å²) in [6.07, 6.45) is -1.61. The van der Waals surface area contributed by atoms with E-state index >= 15 is 0 Å². The summed E-state index contributed by atoms with van der Waals surface area (Å²) in [6.45, 7) is -0.558. The van der Waals surface area contributed by atoms with Gasteiger partial charge in [-0.1, -0.05) is 42.5 Å². The highest BCUT2D eigenvalue weighted by Gasteiger charge is 2.03. The first-order valence-corrected chi connectivity index (χ1v) is 5.78. The molecule has 2 aromatic rings. The Morgan fingerprint density at radius 1 is 0.833 bits per heavy atom. The van der Waals surface area contributed by atoms with E-state index in [2.05, 4.69) is 12.1 Å². The van der Waals surface area contributed by atoms with Crippen LogP contribution in [0, 0.1) is 0 Å². The fourth-order valence-electron chi connectivity index (χ4n) is 1.69. The third-order valence-electron chi connectivity index (χ3n) is 2.55. The van der Waals surface area contributed by atoms with Crippen LogP contribution in [0.3, 0.4) is 0 Å². The van der Waals surface area contributed by atoms with E-state index in [-0.39, 0.29) is 0 Å². The van der Waals surface area contributed by atoms with Gasteiger partial charge in [-0.25, -0.2) is 8.78 Å². The highest BCUT2D eigenvalue weighted by Crippen LogP contribution is 2.15. The first kappa shape index (κ1) is 12.6. The zero-order valence-corrected chi connectivity index (χ0v) is 9.85. The van der Waals surface area contributed by atoms with Crippen molar-refractivity contribution in [2.75, 3.05) is 6.61 Å². The summed E-state index contributed by atoms with van der Waals surface area (Å²) in [4.78, 5) is 0. The van der Waals surface area contributed by atoms with Crippen molar-refractivity contribution in [3.63, 3.8) is 0 Å². The van der Waals surface area contributed by atoms with Gasteiger partial charge in [0.25, 0.3) is 6.43 Å². The summed E-state index contributed by atoms with van der Waals surface area (Å²) in [6, 6.07) is 17.3. The van der Waals surface area contributed by atoms with Crippen molar-refractivity contribution in [1.29, 1.82) is 0 Å². The molecule has 0 radical (unpaired) electrons. The molecule has 0 saturated carbocycles. The highest BCUT2D eigenvalue weighted by atomic mass is 19.3. The molecular weight excluding hydrogens is 234 g/mol. The lowest BCUT2D eigenvalue weighted by Crippen LogP contribution is -2.06. The van der Waals surface area contributed by atoms with Gasteiger partial charge in [-0.3, -0.25) is 0 Å². The predicted molar refractivity (Wildman–Crippen MR) is 67.2 cm³/mol. The largest absolute Gasteiger partial charge is 0.488 e. The molecule has 0 saturated heterocycles. The Balaban J connectivity index is 1.95. The molecule has 2 rings (SSSR count). The molecule has 94 valence electrons. The predicted octanol–water partition coefficient (Wildman–Crippen LogP) is 3.92. The van der Waals surface area contributed by atoms with Gasteiger partial charge in [0.15, 0.2) is 0 Å². The number of hydrogen-bond donors (Lipinski definition) is 0. The minimum absolute atomic E-state index is 0.479. The van der Waals surface area contributed by atoms with Gasteiger partial charge in [-0.2, -0.15) is 0 Å². The number of ether oxygens (including phenoxy) is 1. The Kier molecular flexibility index (Phi) is 4.29. The second-order valence-corrected chi connectivity index (χ2v) is 4.01. The van der Waals surface area contributed by atoms with Crippen LogP contribution in [0.25, 0.3) is 0 Å². The molecule has 3 heteroatoms. The van der Waals surface area contributed by atoms with Crippen molar-refractivity contribution in [2.24, 2.45) is 0 Å². The molecule has 0 bridgehead atoms. The molecule has 0 aliphatic heterocycles. The molecule has 1 nitrogen and oxygen atoms in total. The molecule has 0 atom stereocenters. The minimum Gasteiger partial charge on any atom is -0.488 e. The fraction of sp³-hybridized carbons (Fsp3) is 0.200. The van der Waals surface area contributed by atoms with E-state index in [9.17, 15) is 8.78 Å². The lowest BCUT2D eigenvalue weighted by Gasteiger charge is -2.06. The Morgan fingerprint density at radius 3 is 2.06 bits per heavy atom. The Labute approximate surface area is 105 Å². The van der Waals surface area contributed by atoms with E-state index in [0.29, 0.717) is 5.75 Å². The van der Waals surface area contributed by atoms with E-state index in [4.69, 9.17) is 4.74 Å². The molecule has 0 aliphatic rings. The maximum Gasteiger partial charge on any atom is 0.272 e. The molecule has 0 heterocycles. The summed E-state index contributed by atoms with van der Waals surface area (Å²) in [5, 5.41) is 0. The molecule has 0 N–H and O–H groups in total. The van der Waals surface area contributed by atoms with Crippen molar-refractivity contribution >= 4 is 0 Å². The van der Waals surface area contributed by atoms with Crippen LogP contribution in [0.5, 0.6) is 5.75 Å². The number of halogens is 2. The van der Waals surface area contributed by atoms with E-state index in [1.54, 1.807) is 12.1 Å². The molecule has 2 aromatic carbocycles. The zero-order valence-electron chi connectivity index (χ0n) is 9.85. The van der Waals surface area contributed by atoms with Gasteiger partial charge < -0.3 is 4.74 Å². The average Bonchev–Trinajstić information content (AvgIpc) is 2.39. The second-order valence-electron chi connectivity index (χ2n) is 4.01. The van der Waals surface area contributed by atoms with Gasteiger partial charge >= 0.3 is 0 Å². The van der Waals surface area contributed by atoms with Crippen molar-refractivity contribution < 1.29 is 13.5 Å². The molecular formula is C15H14F2O. The van der Waals surface area contributed by atoms with Crippen LogP contribution in [0.1, 0.15) is 11.1 Å². The second kappa shape index (κ2) is 6.15. The summed E-state index contributed by atoms with van der Waals surface area (Å²) >= 11 is 0. The Morgan fingerprint density at radius 2 is 1.44 bits per heavy atom. The summed E-state index contributed by atoms with van der Waals surface area (Å²) < 4.78 is 28.8. The van der Waals surface area contributed by atoms with Crippen molar-refractivity contribution in [1.82, 2.24) is 0 Å². The third-order valence-corrected chi connectivity index (χ3v) is 2.55. The van der Waals surface area contributed by atoms with Crippen molar-refractivity contribution in [3.05, 3.63) is 65.7 Å². The molecule has 0 amide bonds. The fourth-order valence-corrected chi connectivity index (χ4v) is 1.69. The summed E-state index contributed by atoms with van der Waals surface area (Å²) in [5.41, 5.74) is 2.35. The van der Waals surface area contributed by atoms with E-state index in [0.717, 1.165) is 12.0 Å². The first-order valence-electron chi connectivity index (χ1n) is 5.78. The monoisotopic (exact) mass is 248 g/mol. The summed E-state index contributed by atoms with van der Waals surface area (Å²) in [5.74, 6) is 0.479.